The molecule has 0 radical (unpaired) electrons. The molecule has 0 fully saturated rings. The van der Waals surface area contributed by atoms with Gasteiger partial charge in [0, 0.05) is 31.7 Å². The molecule has 334 valence electrons. The molecule has 0 aliphatic heterocycles. The van der Waals surface area contributed by atoms with Gasteiger partial charge in [-0.05, 0) is 138 Å². The number of hydrogen-bond acceptors (Lipinski definition) is 11. The lowest BCUT2D eigenvalue weighted by atomic mass is 10.1. The predicted octanol–water partition coefficient (Wildman–Crippen LogP) is 8.84. The molecule has 15 nitrogen and oxygen atoms in total. The van der Waals surface area contributed by atoms with Crippen LogP contribution < -0.4 is 15.4 Å². The van der Waals surface area contributed by atoms with Gasteiger partial charge in [0.15, 0.2) is 14.4 Å². The summed E-state index contributed by atoms with van der Waals surface area (Å²) in [5.74, 6) is 0.0574. The highest BCUT2D eigenvalue weighted by atomic mass is 28.4. The van der Waals surface area contributed by atoms with Gasteiger partial charge in [0.05, 0.1) is 17.9 Å². The van der Waals surface area contributed by atoms with Gasteiger partial charge < -0.3 is 43.6 Å². The Labute approximate surface area is 353 Å². The van der Waals surface area contributed by atoms with Crippen LogP contribution in [0.3, 0.4) is 0 Å². The number of aryl methyl sites for hydroxylation is 1. The molecule has 1 heterocycles. The van der Waals surface area contributed by atoms with Crippen molar-refractivity contribution in [3.05, 3.63) is 36.0 Å². The molecule has 1 atom stereocenters. The van der Waals surface area contributed by atoms with E-state index < -0.39 is 61.1 Å². The molecular formula is C43H73N5O10Si. The van der Waals surface area contributed by atoms with Crippen LogP contribution in [0.1, 0.15) is 116 Å². The zero-order valence-corrected chi connectivity index (χ0v) is 39.8. The summed E-state index contributed by atoms with van der Waals surface area (Å²) in [7, 11) is -2.36. The van der Waals surface area contributed by atoms with Crippen molar-refractivity contribution < 1.29 is 47.3 Å². The van der Waals surface area contributed by atoms with E-state index >= 15 is 0 Å². The first-order chi connectivity index (χ1) is 26.7. The highest BCUT2D eigenvalue weighted by molar-refractivity contribution is 6.74. The zero-order chi connectivity index (χ0) is 45.2. The summed E-state index contributed by atoms with van der Waals surface area (Å²) >= 11 is 0. The summed E-state index contributed by atoms with van der Waals surface area (Å²) in [6, 6.07) is 9.22. The van der Waals surface area contributed by atoms with Crippen LogP contribution in [0.4, 0.5) is 14.4 Å². The summed E-state index contributed by atoms with van der Waals surface area (Å²) in [4.78, 5) is 53.0. The predicted molar refractivity (Wildman–Crippen MR) is 231 cm³/mol. The molecule has 0 bridgehead atoms. The number of ether oxygens (including phenoxy) is 5. The van der Waals surface area contributed by atoms with Gasteiger partial charge in [-0.1, -0.05) is 20.8 Å². The third kappa shape index (κ3) is 19.5. The summed E-state index contributed by atoms with van der Waals surface area (Å²) < 4.78 is 36.6. The second kappa shape index (κ2) is 20.3. The third-order valence-electron chi connectivity index (χ3n) is 8.60. The monoisotopic (exact) mass is 848 g/mol. The normalized spacial score (nSPS) is 13.2. The minimum atomic E-state index is -2.36. The molecule has 0 aliphatic carbocycles. The first kappa shape index (κ1) is 50.8. The highest BCUT2D eigenvalue weighted by Crippen LogP contribution is 2.38. The second-order valence-corrected chi connectivity index (χ2v) is 24.8. The number of carbonyl (C=O) groups excluding carboxylic acids is 4. The fourth-order valence-electron chi connectivity index (χ4n) is 4.96. The van der Waals surface area contributed by atoms with Crippen LogP contribution in [-0.4, -0.2) is 102 Å². The minimum absolute atomic E-state index is 0.0276. The van der Waals surface area contributed by atoms with Crippen LogP contribution in [0.25, 0.3) is 11.3 Å². The number of nitrogens with one attached hydrogen (secondary N) is 2. The van der Waals surface area contributed by atoms with Crippen molar-refractivity contribution in [1.82, 2.24) is 25.3 Å². The Morgan fingerprint density at radius 1 is 0.729 bits per heavy atom. The molecule has 2 rings (SSSR count). The molecule has 59 heavy (non-hydrogen) atoms. The maximum atomic E-state index is 13.5. The molecular weight excluding hydrogens is 775 g/mol. The van der Waals surface area contributed by atoms with E-state index in [1.54, 1.807) is 79.1 Å². The number of carbonyl (C=O) groups is 4. The van der Waals surface area contributed by atoms with Gasteiger partial charge in [0.1, 0.15) is 34.8 Å². The van der Waals surface area contributed by atoms with Gasteiger partial charge in [-0.2, -0.15) is 5.10 Å². The van der Waals surface area contributed by atoms with E-state index in [9.17, 15) is 19.2 Å². The molecule has 0 aliphatic rings. The molecule has 0 saturated heterocycles. The molecule has 1 aromatic carbocycles. The zero-order valence-electron chi connectivity index (χ0n) is 38.8. The van der Waals surface area contributed by atoms with Crippen LogP contribution >= 0.6 is 0 Å². The Morgan fingerprint density at radius 3 is 1.73 bits per heavy atom. The van der Waals surface area contributed by atoms with E-state index in [-0.39, 0.29) is 31.3 Å². The third-order valence-corrected chi connectivity index (χ3v) is 13.1. The molecule has 0 spiro atoms. The largest absolute Gasteiger partial charge is 0.490 e. The van der Waals surface area contributed by atoms with Crippen LogP contribution in [0.2, 0.25) is 18.1 Å². The van der Waals surface area contributed by atoms with Crippen LogP contribution in [0, 0.1) is 0 Å². The van der Waals surface area contributed by atoms with E-state index in [1.165, 1.54) is 4.90 Å². The van der Waals surface area contributed by atoms with Crippen molar-refractivity contribution in [2.24, 2.45) is 0 Å². The highest BCUT2D eigenvalue weighted by Gasteiger charge is 2.42. The molecule has 3 amide bonds. The number of benzene rings is 1. The number of rotatable bonds is 16. The maximum absolute atomic E-state index is 13.5. The van der Waals surface area contributed by atoms with Gasteiger partial charge in [-0.25, -0.2) is 19.2 Å². The number of alkyl carbamates (subject to hydrolysis) is 2. The van der Waals surface area contributed by atoms with E-state index in [2.05, 4.69) is 44.5 Å². The maximum Gasteiger partial charge on any atom is 0.410 e. The standard InChI is InChI=1S/C43H73N5O10Si/c1-39(2,3)54-35(49)34(58-59(16,17)43(13,14)15)29-53-32-21-19-30(20-22-32)33-27-31(48(46-33)25-18-23-44-36(50)55-40(4,5)6)28-47(38(52)57-42(10,11)12)26-24-45-37(51)56-41(7,8)9/h19-22,27,34H,18,23-26,28-29H2,1-17H3,(H,44,50)(H,45,51). The van der Waals surface area contributed by atoms with Gasteiger partial charge in [-0.15, -0.1) is 0 Å². The lowest BCUT2D eigenvalue weighted by Crippen LogP contribution is -2.49. The molecule has 1 unspecified atom stereocenters. The lowest BCUT2D eigenvalue weighted by Gasteiger charge is -2.39. The number of esters is 1. The second-order valence-electron chi connectivity index (χ2n) is 20.1. The summed E-state index contributed by atoms with van der Waals surface area (Å²) in [5.41, 5.74) is -0.648. The Kier molecular flexibility index (Phi) is 17.5. The van der Waals surface area contributed by atoms with Crippen molar-refractivity contribution in [2.75, 3.05) is 26.2 Å². The lowest BCUT2D eigenvalue weighted by molar-refractivity contribution is -0.165. The van der Waals surface area contributed by atoms with Crippen LogP contribution in [0.5, 0.6) is 5.75 Å². The summed E-state index contributed by atoms with van der Waals surface area (Å²) in [6.45, 7) is 33.1. The Morgan fingerprint density at radius 2 is 1.24 bits per heavy atom. The molecule has 16 heteroatoms. The van der Waals surface area contributed by atoms with Gasteiger partial charge >= 0.3 is 24.2 Å². The topological polar surface area (TPSA) is 169 Å². The van der Waals surface area contributed by atoms with Crippen molar-refractivity contribution >= 4 is 32.6 Å². The average molecular weight is 848 g/mol. The first-order valence-electron chi connectivity index (χ1n) is 20.4. The molecule has 0 saturated carbocycles. The summed E-state index contributed by atoms with van der Waals surface area (Å²) in [6.07, 6.45) is -2.07. The molecule has 2 N–H and O–H groups in total. The molecule has 1 aromatic heterocycles. The van der Waals surface area contributed by atoms with E-state index in [0.29, 0.717) is 36.6 Å². The quantitative estimate of drug-likeness (QED) is 0.0717. The van der Waals surface area contributed by atoms with Crippen molar-refractivity contribution in [1.29, 1.82) is 0 Å². The van der Waals surface area contributed by atoms with Gasteiger partial charge in [0.2, 0.25) is 0 Å². The van der Waals surface area contributed by atoms with Crippen molar-refractivity contribution in [3.63, 3.8) is 0 Å². The number of aromatic nitrogens is 2. The van der Waals surface area contributed by atoms with E-state index in [0.717, 1.165) is 5.56 Å². The SMILES string of the molecule is CC(C)(C)OC(=O)NCCCn1nc(-c2ccc(OCC(O[Si](C)(C)C(C)(C)C)C(=O)OC(C)(C)C)cc2)cc1CN(CCNC(=O)OC(C)(C)C)C(=O)OC(C)(C)C. The minimum Gasteiger partial charge on any atom is -0.490 e. The van der Waals surface area contributed by atoms with Gasteiger partial charge in [-0.3, -0.25) is 4.68 Å². The first-order valence-corrected chi connectivity index (χ1v) is 23.3. The van der Waals surface area contributed by atoms with Crippen molar-refractivity contribution in [3.8, 4) is 17.0 Å². The Hall–Kier alpha value is -4.31. The van der Waals surface area contributed by atoms with Crippen LogP contribution in [0.15, 0.2) is 30.3 Å². The summed E-state index contributed by atoms with van der Waals surface area (Å²) in [5, 5.41) is 10.3. The fraction of sp³-hybridized carbons (Fsp3) is 0.698. The smallest absolute Gasteiger partial charge is 0.410 e. The van der Waals surface area contributed by atoms with E-state index in [4.69, 9.17) is 33.2 Å². The number of nitrogens with zero attached hydrogens (tertiary/aromatic N) is 3. The van der Waals surface area contributed by atoms with Crippen molar-refractivity contribution in [2.45, 2.75) is 170 Å². The van der Waals surface area contributed by atoms with Crippen LogP contribution in [-0.2, 0) is 41.3 Å². The van der Waals surface area contributed by atoms with E-state index in [1.807, 2.05) is 39.0 Å². The Balaban J connectivity index is 2.40. The number of amides is 3. The number of hydrogen-bond donors (Lipinski definition) is 2. The average Bonchev–Trinajstić information content (AvgIpc) is 3.43. The van der Waals surface area contributed by atoms with Gasteiger partial charge in [0.25, 0.3) is 0 Å². The Bertz CT molecular complexity index is 1690. The fourth-order valence-corrected chi connectivity index (χ4v) is 6.19. The molecule has 2 aromatic rings.